The maximum absolute atomic E-state index is 14.0. The summed E-state index contributed by atoms with van der Waals surface area (Å²) in [5.74, 6) is -0.841. The second-order valence-electron chi connectivity index (χ2n) is 6.45. The van der Waals surface area contributed by atoms with Gasteiger partial charge in [-0.15, -0.1) is 0 Å². The standard InChI is InChI=1S/C21H13F2N5O/c22-16-8-4-7-15(19(16)23)20-25-18-11-28(12-24-21(18)26-20)10-14-9-17(27-29-14)13-5-2-1-3-6-13/h1-9,11-12H,10H2. The van der Waals surface area contributed by atoms with Gasteiger partial charge in [-0.1, -0.05) is 41.6 Å². The Morgan fingerprint density at radius 1 is 0.897 bits per heavy atom. The Morgan fingerprint density at radius 3 is 2.62 bits per heavy atom. The molecule has 0 amide bonds. The van der Waals surface area contributed by atoms with Crippen molar-refractivity contribution in [1.29, 1.82) is 0 Å². The molecule has 0 unspecified atom stereocenters. The third kappa shape index (κ3) is 3.25. The van der Waals surface area contributed by atoms with Crippen molar-refractivity contribution >= 4 is 0 Å². The molecule has 0 atom stereocenters. The van der Waals surface area contributed by atoms with E-state index in [1.165, 1.54) is 12.1 Å². The summed E-state index contributed by atoms with van der Waals surface area (Å²) in [6.07, 6.45) is 3.30. The summed E-state index contributed by atoms with van der Waals surface area (Å²) in [4.78, 5) is 12.7. The number of hydrogen-bond acceptors (Lipinski definition) is 5. The zero-order chi connectivity index (χ0) is 19.8. The van der Waals surface area contributed by atoms with Crippen molar-refractivity contribution in [3.8, 4) is 34.2 Å². The van der Waals surface area contributed by atoms with Crippen LogP contribution in [-0.4, -0.2) is 24.7 Å². The molecule has 2 aliphatic heterocycles. The molecule has 0 bridgehead atoms. The number of rotatable bonds is 4. The Labute approximate surface area is 163 Å². The average molecular weight is 389 g/mol. The molecular weight excluding hydrogens is 376 g/mol. The normalized spacial score (nSPS) is 11.2. The minimum absolute atomic E-state index is 0.00251. The van der Waals surface area contributed by atoms with Gasteiger partial charge in [0.25, 0.3) is 0 Å². The van der Waals surface area contributed by atoms with Gasteiger partial charge in [-0.2, -0.15) is 0 Å². The number of nitrogens with zero attached hydrogens (tertiary/aromatic N) is 5. The molecule has 0 aliphatic carbocycles. The van der Waals surface area contributed by atoms with Gasteiger partial charge < -0.3 is 9.09 Å². The van der Waals surface area contributed by atoms with Crippen LogP contribution in [0.15, 0.2) is 71.6 Å². The van der Waals surface area contributed by atoms with Crippen LogP contribution >= 0.6 is 0 Å². The highest BCUT2D eigenvalue weighted by Crippen LogP contribution is 2.26. The van der Waals surface area contributed by atoms with Crippen molar-refractivity contribution in [3.05, 3.63) is 84.5 Å². The smallest absolute Gasteiger partial charge is 0.183 e. The van der Waals surface area contributed by atoms with Crippen molar-refractivity contribution in [3.63, 3.8) is 0 Å². The second-order valence-corrected chi connectivity index (χ2v) is 6.45. The van der Waals surface area contributed by atoms with E-state index in [-0.39, 0.29) is 11.4 Å². The second kappa shape index (κ2) is 6.90. The van der Waals surface area contributed by atoms with Crippen LogP contribution in [0.4, 0.5) is 8.78 Å². The Balaban J connectivity index is 1.43. The number of halogens is 2. The van der Waals surface area contributed by atoms with E-state index in [1.54, 1.807) is 17.1 Å². The Hall–Kier alpha value is -3.94. The molecule has 2 aromatic carbocycles. The minimum atomic E-state index is -0.981. The molecule has 142 valence electrons. The van der Waals surface area contributed by atoms with Gasteiger partial charge in [0.1, 0.15) is 11.4 Å². The summed E-state index contributed by atoms with van der Waals surface area (Å²) in [6.45, 7) is 0.388. The molecule has 0 N–H and O–H groups in total. The first-order valence-corrected chi connectivity index (χ1v) is 8.82. The van der Waals surface area contributed by atoms with E-state index in [0.717, 1.165) is 17.3 Å². The van der Waals surface area contributed by atoms with Crippen LogP contribution in [-0.2, 0) is 6.54 Å². The summed E-state index contributed by atoms with van der Waals surface area (Å²) in [6, 6.07) is 15.5. The molecule has 0 saturated carbocycles. The van der Waals surface area contributed by atoms with Crippen LogP contribution in [0, 0.1) is 11.6 Å². The molecule has 8 heteroatoms. The summed E-state index contributed by atoms with van der Waals surface area (Å²) in [5.41, 5.74) is 2.17. The number of hydrogen-bond donors (Lipinski definition) is 0. The first kappa shape index (κ1) is 17.2. The molecule has 5 rings (SSSR count). The SMILES string of the molecule is Fc1cccc(-c2nc3cn(Cc4cc(-c5ccccc5)no4)cnc-3n2)c1F. The number of fused-ring (bicyclic) bond motifs is 1. The van der Waals surface area contributed by atoms with Crippen LogP contribution in [0.25, 0.3) is 34.2 Å². The topological polar surface area (TPSA) is 69.6 Å². The lowest BCUT2D eigenvalue weighted by molar-refractivity contribution is 0.377. The maximum atomic E-state index is 14.0. The fraction of sp³-hybridized carbons (Fsp3) is 0.0476. The Morgan fingerprint density at radius 2 is 1.76 bits per heavy atom. The predicted octanol–water partition coefficient (Wildman–Crippen LogP) is 4.43. The van der Waals surface area contributed by atoms with Gasteiger partial charge in [0, 0.05) is 17.8 Å². The Kier molecular flexibility index (Phi) is 4.09. The maximum Gasteiger partial charge on any atom is 0.183 e. The number of imidazole rings is 1. The zero-order valence-electron chi connectivity index (χ0n) is 15.0. The summed E-state index contributed by atoms with van der Waals surface area (Å²) >= 11 is 0. The van der Waals surface area contributed by atoms with E-state index in [0.29, 0.717) is 23.8 Å². The van der Waals surface area contributed by atoms with Crippen molar-refractivity contribution in [2.45, 2.75) is 6.54 Å². The molecule has 0 radical (unpaired) electrons. The average Bonchev–Trinajstić information content (AvgIpc) is 3.37. The van der Waals surface area contributed by atoms with Gasteiger partial charge in [-0.05, 0) is 12.1 Å². The first-order valence-electron chi connectivity index (χ1n) is 8.82. The van der Waals surface area contributed by atoms with E-state index >= 15 is 0 Å². The Bertz CT molecular complexity index is 1270. The van der Waals surface area contributed by atoms with Crippen LogP contribution in [0.1, 0.15) is 5.76 Å². The lowest BCUT2D eigenvalue weighted by atomic mass is 10.1. The molecule has 2 aliphatic rings. The summed E-state index contributed by atoms with van der Waals surface area (Å²) in [7, 11) is 0. The third-order valence-corrected chi connectivity index (χ3v) is 4.44. The molecule has 3 aromatic rings. The zero-order valence-corrected chi connectivity index (χ0v) is 15.0. The summed E-state index contributed by atoms with van der Waals surface area (Å²) in [5, 5.41) is 4.09. The van der Waals surface area contributed by atoms with Crippen LogP contribution in [0.3, 0.4) is 0 Å². The van der Waals surface area contributed by atoms with Crippen molar-refractivity contribution in [2.24, 2.45) is 0 Å². The molecule has 1 aromatic heterocycles. The van der Waals surface area contributed by atoms with Crippen molar-refractivity contribution in [1.82, 2.24) is 24.7 Å². The van der Waals surface area contributed by atoms with E-state index in [1.807, 2.05) is 36.4 Å². The predicted molar refractivity (Wildman–Crippen MR) is 101 cm³/mol. The van der Waals surface area contributed by atoms with E-state index in [2.05, 4.69) is 20.1 Å². The van der Waals surface area contributed by atoms with Crippen LogP contribution in [0.5, 0.6) is 0 Å². The van der Waals surface area contributed by atoms with Crippen LogP contribution < -0.4 is 0 Å². The monoisotopic (exact) mass is 389 g/mol. The fourth-order valence-electron chi connectivity index (χ4n) is 3.04. The quantitative estimate of drug-likeness (QED) is 0.455. The molecule has 6 nitrogen and oxygen atoms in total. The van der Waals surface area contributed by atoms with Crippen LogP contribution in [0.2, 0.25) is 0 Å². The van der Waals surface area contributed by atoms with E-state index in [4.69, 9.17) is 4.52 Å². The molecule has 0 saturated heterocycles. The first-order chi connectivity index (χ1) is 14.2. The van der Waals surface area contributed by atoms with E-state index in [9.17, 15) is 8.78 Å². The van der Waals surface area contributed by atoms with Gasteiger partial charge in [0.2, 0.25) is 0 Å². The number of benzene rings is 2. The molecular formula is C21H13F2N5O. The molecule has 3 heterocycles. The fourth-order valence-corrected chi connectivity index (χ4v) is 3.04. The molecule has 29 heavy (non-hydrogen) atoms. The highest BCUT2D eigenvalue weighted by Gasteiger charge is 2.18. The van der Waals surface area contributed by atoms with Crippen molar-refractivity contribution < 1.29 is 13.3 Å². The molecule has 0 fully saturated rings. The lowest BCUT2D eigenvalue weighted by Crippen LogP contribution is -2.02. The van der Waals surface area contributed by atoms with Crippen molar-refractivity contribution in [2.75, 3.05) is 0 Å². The number of aromatic nitrogens is 5. The largest absolute Gasteiger partial charge is 0.359 e. The highest BCUT2D eigenvalue weighted by molar-refractivity contribution is 5.64. The molecule has 0 spiro atoms. The van der Waals surface area contributed by atoms with Gasteiger partial charge in [-0.25, -0.2) is 23.7 Å². The third-order valence-electron chi connectivity index (χ3n) is 4.44. The summed E-state index contributed by atoms with van der Waals surface area (Å²) < 4.78 is 34.7. The lowest BCUT2D eigenvalue weighted by Gasteiger charge is -2.03. The highest BCUT2D eigenvalue weighted by atomic mass is 19.2. The van der Waals surface area contributed by atoms with E-state index < -0.39 is 11.6 Å². The van der Waals surface area contributed by atoms with Gasteiger partial charge in [0.15, 0.2) is 29.0 Å². The van der Waals surface area contributed by atoms with Gasteiger partial charge in [-0.3, -0.25) is 0 Å². The van der Waals surface area contributed by atoms with Gasteiger partial charge in [0.05, 0.1) is 18.4 Å². The van der Waals surface area contributed by atoms with Gasteiger partial charge >= 0.3 is 0 Å². The minimum Gasteiger partial charge on any atom is -0.359 e.